The number of carbonyl (C=O) groups excluding carboxylic acids is 1. The lowest BCUT2D eigenvalue weighted by Gasteiger charge is -2.22. The number of ether oxygens (including phenoxy) is 1. The molecule has 0 radical (unpaired) electrons. The van der Waals surface area contributed by atoms with Crippen LogP contribution in [0.1, 0.15) is 39.0 Å². The molecule has 0 aromatic rings. The van der Waals surface area contributed by atoms with Crippen LogP contribution < -0.4 is 0 Å². The minimum Gasteiger partial charge on any atom is -0.381 e. The first-order valence-corrected chi connectivity index (χ1v) is 5.32. The number of hydrogen-bond acceptors (Lipinski definition) is 2. The third-order valence-corrected chi connectivity index (χ3v) is 3.49. The summed E-state index contributed by atoms with van der Waals surface area (Å²) in [7, 11) is 0. The van der Waals surface area contributed by atoms with Crippen molar-refractivity contribution < 1.29 is 9.53 Å². The Labute approximate surface area is 79.7 Å². The summed E-state index contributed by atoms with van der Waals surface area (Å²) in [6.07, 6.45) is 5.22. The summed E-state index contributed by atoms with van der Waals surface area (Å²) in [6, 6.07) is 0. The predicted molar refractivity (Wildman–Crippen MR) is 50.5 cm³/mol. The molecule has 13 heavy (non-hydrogen) atoms. The van der Waals surface area contributed by atoms with Gasteiger partial charge in [0.1, 0.15) is 5.78 Å². The molecule has 2 nitrogen and oxygen atoms in total. The molecule has 0 aromatic heterocycles. The molecule has 0 N–H and O–H groups in total. The van der Waals surface area contributed by atoms with E-state index in [9.17, 15) is 4.79 Å². The Bertz CT molecular complexity index is 200. The molecule has 1 saturated heterocycles. The zero-order valence-electron chi connectivity index (χ0n) is 8.34. The quantitative estimate of drug-likeness (QED) is 0.668. The molecule has 0 amide bonds. The molecule has 2 aliphatic rings. The zero-order valence-corrected chi connectivity index (χ0v) is 8.34. The molecule has 2 fully saturated rings. The van der Waals surface area contributed by atoms with Gasteiger partial charge in [-0.25, -0.2) is 0 Å². The van der Waals surface area contributed by atoms with E-state index in [0.29, 0.717) is 11.7 Å². The van der Waals surface area contributed by atoms with Crippen molar-refractivity contribution in [2.45, 2.75) is 39.0 Å². The predicted octanol–water partition coefficient (Wildman–Crippen LogP) is 2.17. The molecule has 0 atom stereocenters. The lowest BCUT2D eigenvalue weighted by atomic mass is 9.89. The summed E-state index contributed by atoms with van der Waals surface area (Å²) >= 11 is 0. The Morgan fingerprint density at radius 2 is 2.00 bits per heavy atom. The van der Waals surface area contributed by atoms with Crippen LogP contribution in [-0.4, -0.2) is 19.0 Å². The van der Waals surface area contributed by atoms with E-state index in [0.717, 1.165) is 45.3 Å². The second kappa shape index (κ2) is 3.41. The number of carbonyl (C=O) groups is 1. The van der Waals surface area contributed by atoms with Crippen molar-refractivity contribution in [3.63, 3.8) is 0 Å². The summed E-state index contributed by atoms with van der Waals surface area (Å²) < 4.78 is 5.27. The van der Waals surface area contributed by atoms with Gasteiger partial charge >= 0.3 is 0 Å². The second-order valence-electron chi connectivity index (χ2n) is 4.74. The first-order chi connectivity index (χ1) is 6.21. The van der Waals surface area contributed by atoms with Gasteiger partial charge in [0.05, 0.1) is 0 Å². The van der Waals surface area contributed by atoms with Crippen molar-refractivity contribution >= 4 is 5.78 Å². The third kappa shape index (κ3) is 2.11. The van der Waals surface area contributed by atoms with Crippen LogP contribution in [-0.2, 0) is 9.53 Å². The Morgan fingerprint density at radius 1 is 1.38 bits per heavy atom. The van der Waals surface area contributed by atoms with Crippen molar-refractivity contribution in [3.05, 3.63) is 0 Å². The van der Waals surface area contributed by atoms with E-state index in [2.05, 4.69) is 6.92 Å². The fraction of sp³-hybridized carbons (Fsp3) is 0.909. The average Bonchev–Trinajstić information content (AvgIpc) is 2.87. The van der Waals surface area contributed by atoms with E-state index >= 15 is 0 Å². The van der Waals surface area contributed by atoms with Crippen LogP contribution in [0.2, 0.25) is 0 Å². The van der Waals surface area contributed by atoms with Gasteiger partial charge < -0.3 is 4.74 Å². The summed E-state index contributed by atoms with van der Waals surface area (Å²) in [5.74, 6) is 1.11. The van der Waals surface area contributed by atoms with E-state index in [1.165, 1.54) is 0 Å². The lowest BCUT2D eigenvalue weighted by Crippen LogP contribution is -2.22. The molecular formula is C11H18O2. The van der Waals surface area contributed by atoms with Gasteiger partial charge in [0.15, 0.2) is 0 Å². The lowest BCUT2D eigenvalue weighted by molar-refractivity contribution is -0.125. The van der Waals surface area contributed by atoms with Gasteiger partial charge in [-0.05, 0) is 31.6 Å². The van der Waals surface area contributed by atoms with Crippen molar-refractivity contribution in [1.29, 1.82) is 0 Å². The summed E-state index contributed by atoms with van der Waals surface area (Å²) in [6.45, 7) is 3.82. The van der Waals surface area contributed by atoms with E-state index in [4.69, 9.17) is 4.74 Å². The summed E-state index contributed by atoms with van der Waals surface area (Å²) in [5, 5.41) is 0. The van der Waals surface area contributed by atoms with Crippen molar-refractivity contribution in [3.8, 4) is 0 Å². The first kappa shape index (κ1) is 9.20. The van der Waals surface area contributed by atoms with Gasteiger partial charge in [0.25, 0.3) is 0 Å². The van der Waals surface area contributed by atoms with Gasteiger partial charge in [-0.2, -0.15) is 0 Å². The topological polar surface area (TPSA) is 26.3 Å². The third-order valence-electron chi connectivity index (χ3n) is 3.49. The average molecular weight is 182 g/mol. The standard InChI is InChI=1S/C11H18O2/c1-11(4-5-11)10(12)8-9-2-6-13-7-3-9/h9H,2-8H2,1H3. The fourth-order valence-corrected chi connectivity index (χ4v) is 1.93. The summed E-state index contributed by atoms with van der Waals surface area (Å²) in [5.41, 5.74) is 0.0817. The maximum atomic E-state index is 11.8. The van der Waals surface area contributed by atoms with Crippen molar-refractivity contribution in [2.75, 3.05) is 13.2 Å². The van der Waals surface area contributed by atoms with Gasteiger partial charge in [-0.1, -0.05) is 6.92 Å². The van der Waals surface area contributed by atoms with Crippen LogP contribution in [0.15, 0.2) is 0 Å². The molecule has 0 spiro atoms. The van der Waals surface area contributed by atoms with Gasteiger partial charge in [-0.15, -0.1) is 0 Å². The van der Waals surface area contributed by atoms with E-state index < -0.39 is 0 Å². The number of ketones is 1. The Hall–Kier alpha value is -0.370. The van der Waals surface area contributed by atoms with Crippen LogP contribution >= 0.6 is 0 Å². The first-order valence-electron chi connectivity index (χ1n) is 5.32. The van der Waals surface area contributed by atoms with E-state index in [1.54, 1.807) is 0 Å². The molecule has 1 saturated carbocycles. The molecule has 0 bridgehead atoms. The Balaban J connectivity index is 1.79. The van der Waals surface area contributed by atoms with Gasteiger partial charge in [0.2, 0.25) is 0 Å². The Morgan fingerprint density at radius 3 is 2.54 bits per heavy atom. The van der Waals surface area contributed by atoms with Crippen molar-refractivity contribution in [1.82, 2.24) is 0 Å². The van der Waals surface area contributed by atoms with E-state index in [-0.39, 0.29) is 5.41 Å². The molecule has 0 unspecified atom stereocenters. The SMILES string of the molecule is CC1(C(=O)CC2CCOCC2)CC1. The smallest absolute Gasteiger partial charge is 0.139 e. The normalized spacial score (nSPS) is 27.2. The monoisotopic (exact) mass is 182 g/mol. The molecule has 2 rings (SSSR count). The van der Waals surface area contributed by atoms with Crippen molar-refractivity contribution in [2.24, 2.45) is 11.3 Å². The number of hydrogen-bond donors (Lipinski definition) is 0. The number of rotatable bonds is 3. The highest BCUT2D eigenvalue weighted by atomic mass is 16.5. The van der Waals surface area contributed by atoms with Crippen LogP contribution in [0.25, 0.3) is 0 Å². The molecule has 1 aliphatic carbocycles. The minimum atomic E-state index is 0.0817. The molecule has 1 heterocycles. The maximum absolute atomic E-state index is 11.8. The number of Topliss-reactive ketones (excluding diaryl/α,β-unsaturated/α-hetero) is 1. The molecule has 0 aromatic carbocycles. The highest BCUT2D eigenvalue weighted by molar-refractivity contribution is 5.87. The highest BCUT2D eigenvalue weighted by Crippen LogP contribution is 2.47. The van der Waals surface area contributed by atoms with Gasteiger partial charge in [0, 0.05) is 25.0 Å². The zero-order chi connectivity index (χ0) is 9.31. The molecule has 1 aliphatic heterocycles. The van der Waals surface area contributed by atoms with Gasteiger partial charge in [-0.3, -0.25) is 4.79 Å². The van der Waals surface area contributed by atoms with Crippen LogP contribution in [0.5, 0.6) is 0 Å². The largest absolute Gasteiger partial charge is 0.381 e. The molecule has 2 heteroatoms. The fourth-order valence-electron chi connectivity index (χ4n) is 1.93. The molecular weight excluding hydrogens is 164 g/mol. The molecule has 74 valence electrons. The second-order valence-corrected chi connectivity index (χ2v) is 4.74. The van der Waals surface area contributed by atoms with Crippen LogP contribution in [0.4, 0.5) is 0 Å². The Kier molecular flexibility index (Phi) is 2.41. The van der Waals surface area contributed by atoms with Crippen LogP contribution in [0.3, 0.4) is 0 Å². The van der Waals surface area contributed by atoms with Crippen LogP contribution in [0, 0.1) is 11.3 Å². The van der Waals surface area contributed by atoms with E-state index in [1.807, 2.05) is 0 Å². The minimum absolute atomic E-state index is 0.0817. The summed E-state index contributed by atoms with van der Waals surface area (Å²) in [4.78, 5) is 11.8. The maximum Gasteiger partial charge on any atom is 0.139 e. The highest BCUT2D eigenvalue weighted by Gasteiger charge is 2.44.